The van der Waals surface area contributed by atoms with Gasteiger partial charge in [0.05, 0.1) is 61.3 Å². The van der Waals surface area contributed by atoms with Crippen LogP contribution in [-0.2, 0) is 22.3 Å². The maximum atomic E-state index is 14.3. The number of carbonyl (C=O) groups excluding carboxylic acids is 4. The van der Waals surface area contributed by atoms with Crippen LogP contribution in [0.5, 0.6) is 23.0 Å². The van der Waals surface area contributed by atoms with E-state index >= 15 is 0 Å². The molecule has 19 heteroatoms. The molecule has 0 spiro atoms. The van der Waals surface area contributed by atoms with Gasteiger partial charge in [-0.2, -0.15) is 0 Å². The molecule has 1 saturated heterocycles. The lowest BCUT2D eigenvalue weighted by Gasteiger charge is -2.22. The van der Waals surface area contributed by atoms with Gasteiger partial charge in [-0.3, -0.25) is 19.2 Å². The molecule has 0 radical (unpaired) electrons. The largest absolute Gasteiger partial charge is 0.493 e. The van der Waals surface area contributed by atoms with Gasteiger partial charge in [0.25, 0.3) is 11.8 Å². The molecule has 9 rings (SSSR count). The number of Topliss-reactive ketones (excluding diaryl/α,β-unsaturated/α-hetero) is 2. The summed E-state index contributed by atoms with van der Waals surface area (Å²) in [6.45, 7) is 4.81. The number of amides is 2. The average molecular weight is 1100 g/mol. The summed E-state index contributed by atoms with van der Waals surface area (Å²) < 4.78 is 62.6. The number of nitrogens with one attached hydrogen (secondary N) is 2. The number of carbonyl (C=O) groups is 4. The molecule has 78 heavy (non-hydrogen) atoms. The molecule has 0 aliphatic carbocycles. The number of aliphatic hydroxyl groups excluding tert-OH is 1. The number of benzene rings is 4. The second-order valence-corrected chi connectivity index (χ2v) is 19.5. The second-order valence-electron chi connectivity index (χ2n) is 17.8. The number of nitrogens with zero attached hydrogens (tertiary/aromatic N) is 2. The second kappa shape index (κ2) is 27.1. The van der Waals surface area contributed by atoms with E-state index in [2.05, 4.69) is 20.6 Å². The number of ether oxygens (including phenoxy) is 6. The number of rotatable bonds is 22. The molecule has 1 unspecified atom stereocenters. The standard InChI is InChI=1S/C32H33FN2O6S.C27H25FN2O5S/c1-3-20-15-25(23-19-42-31-22(23)7-6-8-24(31)33)35-26(16-20)27(36)18-34-32(37)21-10-11-28(29(17-21)38-2)39-13-14-41-30-9-4-5-12-40-30;1-3-16-11-21(19-15-36-26-18(19)5-4-6-20(26)28)30-22(12-16)23(32)14-29-27(33)17-7-8-24(35-10-9-31)25(13-17)34-2/h6-8,10-11,15-17,19,30H,3-5,9,12-14,18H2,1-2H3,(H,34,37);4-8,11-13,15,31H,3,9-10,14H2,1-2H3,(H,29,33). The number of methoxy groups -OCH3 is 2. The third kappa shape index (κ3) is 13.9. The van der Waals surface area contributed by atoms with Crippen molar-refractivity contribution in [2.45, 2.75) is 52.2 Å². The molecule has 406 valence electrons. The Morgan fingerprint density at radius 1 is 0.641 bits per heavy atom. The van der Waals surface area contributed by atoms with Crippen molar-refractivity contribution in [3.05, 3.63) is 153 Å². The van der Waals surface area contributed by atoms with Crippen molar-refractivity contribution >= 4 is 66.2 Å². The van der Waals surface area contributed by atoms with Crippen LogP contribution < -0.4 is 29.6 Å². The van der Waals surface area contributed by atoms with Crippen molar-refractivity contribution in [3.8, 4) is 45.5 Å². The summed E-state index contributed by atoms with van der Waals surface area (Å²) >= 11 is 2.60. The minimum Gasteiger partial charge on any atom is -0.493 e. The number of aliphatic hydroxyl groups is 1. The summed E-state index contributed by atoms with van der Waals surface area (Å²) in [7, 11) is 2.94. The number of hydrogen-bond acceptors (Lipinski definition) is 15. The highest BCUT2D eigenvalue weighted by molar-refractivity contribution is 7.18. The van der Waals surface area contributed by atoms with Gasteiger partial charge in [0, 0.05) is 50.4 Å². The lowest BCUT2D eigenvalue weighted by molar-refractivity contribution is -0.165. The molecule has 0 saturated carbocycles. The maximum Gasteiger partial charge on any atom is 0.251 e. The molecule has 1 aliphatic heterocycles. The molecule has 5 heterocycles. The zero-order valence-electron chi connectivity index (χ0n) is 43.5. The zero-order valence-corrected chi connectivity index (χ0v) is 45.1. The molecular formula is C59H58F2N4O11S2. The summed E-state index contributed by atoms with van der Waals surface area (Å²) in [6.07, 6.45) is 4.21. The normalized spacial score (nSPS) is 13.1. The average Bonchev–Trinajstić information content (AvgIpc) is 4.19. The predicted octanol–water partition coefficient (Wildman–Crippen LogP) is 10.9. The van der Waals surface area contributed by atoms with Gasteiger partial charge in [-0.25, -0.2) is 18.7 Å². The Bertz CT molecular complexity index is 3430. The first-order chi connectivity index (χ1) is 37.9. The van der Waals surface area contributed by atoms with Gasteiger partial charge in [0.2, 0.25) is 0 Å². The number of fused-ring (bicyclic) bond motifs is 2. The van der Waals surface area contributed by atoms with E-state index < -0.39 is 11.8 Å². The molecule has 1 aliphatic rings. The van der Waals surface area contributed by atoms with Crippen LogP contribution in [0, 0.1) is 11.6 Å². The fraction of sp³-hybridized carbons (Fsp3) is 0.288. The van der Waals surface area contributed by atoms with Crippen molar-refractivity contribution in [1.82, 2.24) is 20.6 Å². The molecule has 1 fully saturated rings. The first-order valence-electron chi connectivity index (χ1n) is 25.3. The molecule has 4 aromatic carbocycles. The summed E-state index contributed by atoms with van der Waals surface area (Å²) in [5.41, 5.74) is 5.62. The highest BCUT2D eigenvalue weighted by Gasteiger charge is 2.21. The topological polar surface area (TPSA) is 194 Å². The molecule has 0 bridgehead atoms. The van der Waals surface area contributed by atoms with E-state index in [4.69, 9.17) is 33.5 Å². The molecule has 15 nitrogen and oxygen atoms in total. The van der Waals surface area contributed by atoms with Crippen molar-refractivity contribution in [2.24, 2.45) is 0 Å². The zero-order chi connectivity index (χ0) is 55.1. The van der Waals surface area contributed by atoms with E-state index in [1.54, 1.807) is 54.6 Å². The maximum absolute atomic E-state index is 14.3. The minimum atomic E-state index is -0.457. The Labute approximate surface area is 457 Å². The Kier molecular flexibility index (Phi) is 19.6. The Balaban J connectivity index is 0.000000208. The van der Waals surface area contributed by atoms with Crippen LogP contribution >= 0.6 is 22.7 Å². The van der Waals surface area contributed by atoms with Crippen molar-refractivity contribution < 1.29 is 61.5 Å². The van der Waals surface area contributed by atoms with Gasteiger partial charge in [-0.15, -0.1) is 22.7 Å². The van der Waals surface area contributed by atoms with Gasteiger partial charge in [-0.05, 0) is 116 Å². The van der Waals surface area contributed by atoms with Crippen LogP contribution in [0.15, 0.2) is 108 Å². The Morgan fingerprint density at radius 3 is 1.59 bits per heavy atom. The number of hydrogen-bond donors (Lipinski definition) is 3. The van der Waals surface area contributed by atoms with Gasteiger partial charge < -0.3 is 44.2 Å². The summed E-state index contributed by atoms with van der Waals surface area (Å²) in [5, 5.41) is 19.4. The van der Waals surface area contributed by atoms with Gasteiger partial charge in [-0.1, -0.05) is 38.1 Å². The third-order valence-corrected chi connectivity index (χ3v) is 14.6. The van der Waals surface area contributed by atoms with Crippen LogP contribution in [0.4, 0.5) is 8.78 Å². The highest BCUT2D eigenvalue weighted by atomic mass is 32.1. The van der Waals surface area contributed by atoms with Gasteiger partial charge >= 0.3 is 0 Å². The number of aromatic nitrogens is 2. The van der Waals surface area contributed by atoms with E-state index in [9.17, 15) is 28.0 Å². The smallest absolute Gasteiger partial charge is 0.251 e. The SMILES string of the molecule is CCc1cc(C(=O)CNC(=O)c2ccc(OCCO)c(OC)c2)nc(-c2csc3c(F)cccc23)c1.CCc1cc(C(=O)CNC(=O)c2ccc(OCCOC3CCCCO3)c(OC)c2)nc(-c2csc3c(F)cccc23)c1. The van der Waals surface area contributed by atoms with E-state index in [1.807, 2.05) is 48.9 Å². The molecule has 3 N–H and O–H groups in total. The van der Waals surface area contributed by atoms with Crippen LogP contribution in [0.1, 0.15) is 85.9 Å². The first kappa shape index (κ1) is 56.5. The van der Waals surface area contributed by atoms with Crippen LogP contribution in [0.2, 0.25) is 0 Å². The molecular weight excluding hydrogens is 1040 g/mol. The quantitative estimate of drug-likeness (QED) is 0.0429. The summed E-state index contributed by atoms with van der Waals surface area (Å²) in [6, 6.07) is 26.5. The fourth-order valence-electron chi connectivity index (χ4n) is 8.48. The number of thiophene rings is 2. The van der Waals surface area contributed by atoms with Gasteiger partial charge in [0.1, 0.15) is 36.2 Å². The molecule has 1 atom stereocenters. The van der Waals surface area contributed by atoms with Crippen LogP contribution in [-0.4, -0.2) is 105 Å². The highest BCUT2D eigenvalue weighted by Crippen LogP contribution is 2.37. The predicted molar refractivity (Wildman–Crippen MR) is 296 cm³/mol. The Hall–Kier alpha value is -7.68. The third-order valence-electron chi connectivity index (χ3n) is 12.6. The lowest BCUT2D eigenvalue weighted by atomic mass is 10.0. The van der Waals surface area contributed by atoms with E-state index in [0.29, 0.717) is 87.6 Å². The van der Waals surface area contributed by atoms with Crippen LogP contribution in [0.25, 0.3) is 42.7 Å². The molecule has 2 amide bonds. The van der Waals surface area contributed by atoms with Gasteiger partial charge in [0.15, 0.2) is 40.9 Å². The monoisotopic (exact) mass is 1100 g/mol. The number of ketones is 2. The number of pyridine rings is 2. The lowest BCUT2D eigenvalue weighted by Crippen LogP contribution is -2.30. The Morgan fingerprint density at radius 2 is 1.14 bits per heavy atom. The van der Waals surface area contributed by atoms with E-state index in [0.717, 1.165) is 52.3 Å². The number of aryl methyl sites for hydroxylation is 2. The summed E-state index contributed by atoms with van der Waals surface area (Å²) in [4.78, 5) is 60.8. The van der Waals surface area contributed by atoms with E-state index in [-0.39, 0.29) is 67.2 Å². The van der Waals surface area contributed by atoms with Crippen LogP contribution in [0.3, 0.4) is 0 Å². The van der Waals surface area contributed by atoms with Crippen molar-refractivity contribution in [3.63, 3.8) is 0 Å². The van der Waals surface area contributed by atoms with Crippen molar-refractivity contribution in [1.29, 1.82) is 0 Å². The van der Waals surface area contributed by atoms with E-state index in [1.165, 1.54) is 55.1 Å². The first-order valence-corrected chi connectivity index (χ1v) is 27.1. The molecule has 4 aromatic heterocycles. The number of halogens is 2. The summed E-state index contributed by atoms with van der Waals surface area (Å²) in [5.74, 6) is -0.546. The fourth-order valence-corrected chi connectivity index (χ4v) is 10.4. The minimum absolute atomic E-state index is 0.0956. The molecule has 8 aromatic rings. The van der Waals surface area contributed by atoms with Crippen molar-refractivity contribution in [2.75, 3.05) is 60.3 Å².